The molecule has 0 saturated carbocycles. The molecule has 19 heavy (non-hydrogen) atoms. The number of carbonyl (C=O) groups excluding carboxylic acids is 1. The van der Waals surface area contributed by atoms with Crippen LogP contribution in [0.2, 0.25) is 0 Å². The highest BCUT2D eigenvalue weighted by Crippen LogP contribution is 2.17. The van der Waals surface area contributed by atoms with E-state index in [-0.39, 0.29) is 10.9 Å². The molecule has 0 aliphatic carbocycles. The Morgan fingerprint density at radius 2 is 2.00 bits per heavy atom. The average Bonchev–Trinajstić information content (AvgIpc) is 2.64. The minimum atomic E-state index is 0.107. The highest BCUT2D eigenvalue weighted by atomic mass is 32.1. The molecule has 1 fully saturated rings. The van der Waals surface area contributed by atoms with E-state index in [0.717, 1.165) is 19.5 Å². The van der Waals surface area contributed by atoms with Gasteiger partial charge in [-0.1, -0.05) is 12.2 Å². The predicted molar refractivity (Wildman–Crippen MR) is 77.0 cm³/mol. The molecule has 2 N–H and O–H groups in total. The maximum Gasteiger partial charge on any atom is 0.219 e. The van der Waals surface area contributed by atoms with Crippen molar-refractivity contribution in [3.63, 3.8) is 0 Å². The number of hydrogen-bond acceptors (Lipinski definition) is 5. The van der Waals surface area contributed by atoms with Crippen LogP contribution in [0, 0.1) is 0 Å². The molecule has 0 spiro atoms. The van der Waals surface area contributed by atoms with Crippen LogP contribution in [0.1, 0.15) is 19.0 Å². The Morgan fingerprint density at radius 1 is 1.26 bits per heavy atom. The summed E-state index contributed by atoms with van der Waals surface area (Å²) >= 11 is 5.00. The fraction of sp³-hybridized carbons (Fsp3) is 0.500. The van der Waals surface area contributed by atoms with Crippen LogP contribution in [0.3, 0.4) is 0 Å². The van der Waals surface area contributed by atoms with Gasteiger partial charge in [-0.3, -0.25) is 4.79 Å². The molecule has 2 heterocycles. The standard InChI is InChI=1S/C12H17N5OS/c1-9(18)16-5-2-6-17(8-7-16)12-10(11(13)19)14-3-4-15-12/h3-4H,2,5-8H2,1H3,(H2,13,19). The Hall–Kier alpha value is -1.76. The molecule has 1 aliphatic heterocycles. The predicted octanol–water partition coefficient (Wildman–Crippen LogP) is 0.169. The van der Waals surface area contributed by atoms with Gasteiger partial charge >= 0.3 is 0 Å². The Balaban J connectivity index is 2.19. The average molecular weight is 279 g/mol. The maximum absolute atomic E-state index is 11.4. The second kappa shape index (κ2) is 5.92. The van der Waals surface area contributed by atoms with Gasteiger partial charge in [-0.25, -0.2) is 9.97 Å². The second-order valence-corrected chi connectivity index (χ2v) is 4.88. The van der Waals surface area contributed by atoms with Gasteiger partial charge in [0.05, 0.1) is 0 Å². The van der Waals surface area contributed by atoms with Crippen LogP contribution in [-0.2, 0) is 4.79 Å². The van der Waals surface area contributed by atoms with E-state index in [2.05, 4.69) is 14.9 Å². The van der Waals surface area contributed by atoms with Crippen LogP contribution < -0.4 is 10.6 Å². The molecule has 1 amide bonds. The molecule has 0 bridgehead atoms. The molecule has 102 valence electrons. The fourth-order valence-corrected chi connectivity index (χ4v) is 2.32. The van der Waals surface area contributed by atoms with Gasteiger partial charge in [0.15, 0.2) is 5.82 Å². The van der Waals surface area contributed by atoms with Gasteiger partial charge in [-0.05, 0) is 6.42 Å². The Labute approximate surface area is 117 Å². The first-order valence-electron chi connectivity index (χ1n) is 6.21. The van der Waals surface area contributed by atoms with Gasteiger partial charge in [0.25, 0.3) is 0 Å². The number of aromatic nitrogens is 2. The summed E-state index contributed by atoms with van der Waals surface area (Å²) in [4.78, 5) is 24.1. The summed E-state index contributed by atoms with van der Waals surface area (Å²) in [5, 5.41) is 0. The largest absolute Gasteiger partial charge is 0.388 e. The van der Waals surface area contributed by atoms with Gasteiger partial charge in [0.1, 0.15) is 10.7 Å². The number of nitrogens with zero attached hydrogens (tertiary/aromatic N) is 4. The zero-order chi connectivity index (χ0) is 13.8. The lowest BCUT2D eigenvalue weighted by atomic mass is 10.3. The molecule has 1 aromatic rings. The van der Waals surface area contributed by atoms with Crippen molar-refractivity contribution in [2.24, 2.45) is 5.73 Å². The Kier molecular flexibility index (Phi) is 4.26. The zero-order valence-corrected chi connectivity index (χ0v) is 11.7. The SMILES string of the molecule is CC(=O)N1CCCN(c2nccnc2C(N)=S)CC1. The van der Waals surface area contributed by atoms with Crippen LogP contribution in [-0.4, -0.2) is 51.9 Å². The van der Waals surface area contributed by atoms with Crippen molar-refractivity contribution in [1.29, 1.82) is 0 Å². The number of thiocarbonyl (C=S) groups is 1. The molecule has 0 atom stereocenters. The summed E-state index contributed by atoms with van der Waals surface area (Å²) in [6.07, 6.45) is 4.11. The molecule has 1 saturated heterocycles. The molecule has 7 heteroatoms. The lowest BCUT2D eigenvalue weighted by Gasteiger charge is -2.23. The van der Waals surface area contributed by atoms with Crippen molar-refractivity contribution in [3.05, 3.63) is 18.1 Å². The van der Waals surface area contributed by atoms with Crippen LogP contribution in [0.25, 0.3) is 0 Å². The maximum atomic E-state index is 11.4. The van der Waals surface area contributed by atoms with E-state index in [1.54, 1.807) is 19.3 Å². The summed E-state index contributed by atoms with van der Waals surface area (Å²) in [5.74, 6) is 0.816. The third kappa shape index (κ3) is 3.17. The van der Waals surface area contributed by atoms with Crippen LogP contribution in [0.4, 0.5) is 5.82 Å². The van der Waals surface area contributed by atoms with Crippen molar-refractivity contribution < 1.29 is 4.79 Å². The van der Waals surface area contributed by atoms with Crippen molar-refractivity contribution in [3.8, 4) is 0 Å². The van der Waals surface area contributed by atoms with E-state index in [4.69, 9.17) is 18.0 Å². The molecule has 2 rings (SSSR count). The number of rotatable bonds is 2. The van der Waals surface area contributed by atoms with Gasteiger partial charge < -0.3 is 15.5 Å². The highest BCUT2D eigenvalue weighted by Gasteiger charge is 2.20. The minimum Gasteiger partial charge on any atom is -0.388 e. The van der Waals surface area contributed by atoms with Crippen molar-refractivity contribution in [1.82, 2.24) is 14.9 Å². The van der Waals surface area contributed by atoms with E-state index in [1.807, 2.05) is 4.90 Å². The minimum absolute atomic E-state index is 0.107. The summed E-state index contributed by atoms with van der Waals surface area (Å²) in [6.45, 7) is 4.58. The monoisotopic (exact) mass is 279 g/mol. The quantitative estimate of drug-likeness (QED) is 0.778. The lowest BCUT2D eigenvalue weighted by molar-refractivity contribution is -0.128. The summed E-state index contributed by atoms with van der Waals surface area (Å²) in [5.41, 5.74) is 6.22. The molecule has 1 aliphatic rings. The number of hydrogen-bond donors (Lipinski definition) is 1. The number of nitrogens with two attached hydrogens (primary N) is 1. The van der Waals surface area contributed by atoms with Crippen LogP contribution in [0.15, 0.2) is 12.4 Å². The van der Waals surface area contributed by atoms with Crippen molar-refractivity contribution in [2.45, 2.75) is 13.3 Å². The first-order valence-corrected chi connectivity index (χ1v) is 6.61. The van der Waals surface area contributed by atoms with Crippen molar-refractivity contribution >= 4 is 28.9 Å². The number of amides is 1. The van der Waals surface area contributed by atoms with Gasteiger partial charge in [-0.2, -0.15) is 0 Å². The second-order valence-electron chi connectivity index (χ2n) is 4.44. The van der Waals surface area contributed by atoms with E-state index < -0.39 is 0 Å². The first-order chi connectivity index (χ1) is 9.09. The molecular weight excluding hydrogens is 262 g/mol. The third-order valence-corrected chi connectivity index (χ3v) is 3.35. The molecule has 6 nitrogen and oxygen atoms in total. The first kappa shape index (κ1) is 13.7. The third-order valence-electron chi connectivity index (χ3n) is 3.15. The van der Waals surface area contributed by atoms with Crippen LogP contribution in [0.5, 0.6) is 0 Å². The van der Waals surface area contributed by atoms with Gasteiger partial charge in [0, 0.05) is 45.5 Å². The van der Waals surface area contributed by atoms with Gasteiger partial charge in [0.2, 0.25) is 5.91 Å². The van der Waals surface area contributed by atoms with E-state index >= 15 is 0 Å². The van der Waals surface area contributed by atoms with E-state index in [0.29, 0.717) is 24.6 Å². The van der Waals surface area contributed by atoms with Crippen LogP contribution >= 0.6 is 12.2 Å². The number of carbonyl (C=O) groups is 1. The molecule has 0 unspecified atom stereocenters. The lowest BCUT2D eigenvalue weighted by Crippen LogP contribution is -2.34. The summed E-state index contributed by atoms with van der Waals surface area (Å²) in [6, 6.07) is 0. The normalized spacial score (nSPS) is 16.1. The summed E-state index contributed by atoms with van der Waals surface area (Å²) < 4.78 is 0. The summed E-state index contributed by atoms with van der Waals surface area (Å²) in [7, 11) is 0. The smallest absolute Gasteiger partial charge is 0.219 e. The van der Waals surface area contributed by atoms with Gasteiger partial charge in [-0.15, -0.1) is 0 Å². The van der Waals surface area contributed by atoms with E-state index in [9.17, 15) is 4.79 Å². The Bertz CT molecular complexity index is 493. The molecular formula is C12H17N5OS. The highest BCUT2D eigenvalue weighted by molar-refractivity contribution is 7.80. The molecule has 0 aromatic carbocycles. The Morgan fingerprint density at radius 3 is 2.68 bits per heavy atom. The fourth-order valence-electron chi connectivity index (χ4n) is 2.18. The number of anilines is 1. The zero-order valence-electron chi connectivity index (χ0n) is 10.9. The molecule has 1 aromatic heterocycles. The van der Waals surface area contributed by atoms with Crippen molar-refractivity contribution in [2.75, 3.05) is 31.1 Å². The van der Waals surface area contributed by atoms with E-state index in [1.165, 1.54) is 0 Å². The molecule has 0 radical (unpaired) electrons. The topological polar surface area (TPSA) is 75.4 Å².